The van der Waals surface area contributed by atoms with Crippen molar-refractivity contribution in [2.24, 2.45) is 0 Å². The van der Waals surface area contributed by atoms with Crippen molar-refractivity contribution < 1.29 is 14.3 Å². The average molecular weight is 427 g/mol. The SMILES string of the molecule is CCn1c(COc2ccc(OC)cc2)nnc1SCC(=O)N[C@@H](C)c1ccccc1. The number of carbonyl (C=O) groups excluding carboxylic acids is 1. The summed E-state index contributed by atoms with van der Waals surface area (Å²) < 4.78 is 12.9. The van der Waals surface area contributed by atoms with Crippen molar-refractivity contribution in [1.82, 2.24) is 20.1 Å². The zero-order chi connectivity index (χ0) is 21.3. The van der Waals surface area contributed by atoms with Crippen LogP contribution in [-0.2, 0) is 17.9 Å². The van der Waals surface area contributed by atoms with Gasteiger partial charge in [0.1, 0.15) is 18.1 Å². The van der Waals surface area contributed by atoms with Crippen LogP contribution >= 0.6 is 11.8 Å². The van der Waals surface area contributed by atoms with Crippen LogP contribution in [0, 0.1) is 0 Å². The molecule has 0 bridgehead atoms. The number of hydrogen-bond acceptors (Lipinski definition) is 6. The van der Waals surface area contributed by atoms with Gasteiger partial charge >= 0.3 is 0 Å². The molecule has 0 saturated carbocycles. The van der Waals surface area contributed by atoms with E-state index in [1.165, 1.54) is 11.8 Å². The summed E-state index contributed by atoms with van der Waals surface area (Å²) in [5.74, 6) is 2.45. The van der Waals surface area contributed by atoms with Gasteiger partial charge in [-0.25, -0.2) is 0 Å². The average Bonchev–Trinajstić information content (AvgIpc) is 3.19. The van der Waals surface area contributed by atoms with Gasteiger partial charge < -0.3 is 19.4 Å². The monoisotopic (exact) mass is 426 g/mol. The van der Waals surface area contributed by atoms with Gasteiger partial charge in [-0.2, -0.15) is 0 Å². The molecule has 1 amide bonds. The molecule has 0 radical (unpaired) electrons. The molecule has 3 aromatic rings. The summed E-state index contributed by atoms with van der Waals surface area (Å²) in [4.78, 5) is 12.3. The van der Waals surface area contributed by atoms with Crippen LogP contribution in [0.2, 0.25) is 0 Å². The molecule has 0 unspecified atom stereocenters. The fourth-order valence-corrected chi connectivity index (χ4v) is 3.74. The van der Waals surface area contributed by atoms with Gasteiger partial charge in [0.15, 0.2) is 11.0 Å². The molecule has 1 atom stereocenters. The lowest BCUT2D eigenvalue weighted by molar-refractivity contribution is -0.119. The highest BCUT2D eigenvalue weighted by atomic mass is 32.2. The lowest BCUT2D eigenvalue weighted by Gasteiger charge is -2.14. The maximum absolute atomic E-state index is 12.3. The second kappa shape index (κ2) is 10.7. The molecule has 0 spiro atoms. The predicted molar refractivity (Wildman–Crippen MR) is 117 cm³/mol. The minimum absolute atomic E-state index is 0.0435. The Labute approximate surface area is 180 Å². The number of amides is 1. The number of methoxy groups -OCH3 is 1. The van der Waals surface area contributed by atoms with Crippen LogP contribution in [0.4, 0.5) is 0 Å². The highest BCUT2D eigenvalue weighted by Gasteiger charge is 2.15. The quantitative estimate of drug-likeness (QED) is 0.496. The van der Waals surface area contributed by atoms with E-state index in [-0.39, 0.29) is 17.7 Å². The molecule has 30 heavy (non-hydrogen) atoms. The second-order valence-corrected chi connectivity index (χ2v) is 7.54. The van der Waals surface area contributed by atoms with E-state index in [1.807, 2.05) is 73.0 Å². The molecule has 3 rings (SSSR count). The van der Waals surface area contributed by atoms with Crippen molar-refractivity contribution in [2.75, 3.05) is 12.9 Å². The molecule has 7 nitrogen and oxygen atoms in total. The van der Waals surface area contributed by atoms with Crippen LogP contribution in [0.25, 0.3) is 0 Å². The Balaban J connectivity index is 1.53. The molecule has 1 heterocycles. The smallest absolute Gasteiger partial charge is 0.230 e. The molecule has 0 aliphatic rings. The van der Waals surface area contributed by atoms with Crippen LogP contribution in [0.15, 0.2) is 59.8 Å². The first kappa shape index (κ1) is 21.7. The molecule has 0 aliphatic carbocycles. The maximum atomic E-state index is 12.3. The molecule has 0 saturated heterocycles. The minimum Gasteiger partial charge on any atom is -0.497 e. The van der Waals surface area contributed by atoms with Crippen LogP contribution in [-0.4, -0.2) is 33.5 Å². The van der Waals surface area contributed by atoms with E-state index in [9.17, 15) is 4.79 Å². The largest absolute Gasteiger partial charge is 0.497 e. The van der Waals surface area contributed by atoms with Crippen molar-refractivity contribution in [3.63, 3.8) is 0 Å². The third-order valence-corrected chi connectivity index (χ3v) is 5.51. The normalized spacial score (nSPS) is 11.7. The van der Waals surface area contributed by atoms with E-state index in [0.29, 0.717) is 24.1 Å². The minimum atomic E-state index is -0.0446. The van der Waals surface area contributed by atoms with Gasteiger partial charge in [-0.05, 0) is 43.7 Å². The van der Waals surface area contributed by atoms with E-state index in [0.717, 1.165) is 17.1 Å². The fourth-order valence-electron chi connectivity index (χ4n) is 2.91. The molecule has 2 aromatic carbocycles. The van der Waals surface area contributed by atoms with Gasteiger partial charge in [0.05, 0.1) is 18.9 Å². The summed E-state index contributed by atoms with van der Waals surface area (Å²) in [7, 11) is 1.63. The van der Waals surface area contributed by atoms with Crippen molar-refractivity contribution in [3.8, 4) is 11.5 Å². The Morgan fingerprint density at radius 2 is 1.80 bits per heavy atom. The van der Waals surface area contributed by atoms with E-state index in [1.54, 1.807) is 7.11 Å². The van der Waals surface area contributed by atoms with Gasteiger partial charge in [-0.3, -0.25) is 4.79 Å². The molecule has 0 aliphatic heterocycles. The van der Waals surface area contributed by atoms with Gasteiger partial charge in [-0.15, -0.1) is 10.2 Å². The number of aromatic nitrogens is 3. The number of carbonyl (C=O) groups is 1. The van der Waals surface area contributed by atoms with E-state index < -0.39 is 0 Å². The first-order valence-corrected chi connectivity index (χ1v) is 10.7. The molecule has 158 valence electrons. The number of thioether (sulfide) groups is 1. The number of benzene rings is 2. The molecule has 1 aromatic heterocycles. The third-order valence-electron chi connectivity index (χ3n) is 4.55. The molecular weight excluding hydrogens is 400 g/mol. The Morgan fingerprint density at radius 1 is 1.10 bits per heavy atom. The van der Waals surface area contributed by atoms with Gasteiger partial charge in [0.2, 0.25) is 5.91 Å². The topological polar surface area (TPSA) is 78.3 Å². The predicted octanol–water partition coefficient (Wildman–Crippen LogP) is 3.86. The maximum Gasteiger partial charge on any atom is 0.230 e. The molecule has 1 N–H and O–H groups in total. The van der Waals surface area contributed by atoms with Crippen LogP contribution < -0.4 is 14.8 Å². The lowest BCUT2D eigenvalue weighted by Crippen LogP contribution is -2.28. The first-order chi connectivity index (χ1) is 14.6. The van der Waals surface area contributed by atoms with Crippen LogP contribution in [0.5, 0.6) is 11.5 Å². The Morgan fingerprint density at radius 3 is 2.47 bits per heavy atom. The second-order valence-electron chi connectivity index (χ2n) is 6.60. The highest BCUT2D eigenvalue weighted by Crippen LogP contribution is 2.21. The number of nitrogens with zero attached hydrogens (tertiary/aromatic N) is 3. The number of ether oxygens (including phenoxy) is 2. The summed E-state index contributed by atoms with van der Waals surface area (Å²) in [5.41, 5.74) is 1.07. The highest BCUT2D eigenvalue weighted by molar-refractivity contribution is 7.99. The lowest BCUT2D eigenvalue weighted by atomic mass is 10.1. The zero-order valence-corrected chi connectivity index (χ0v) is 18.2. The summed E-state index contributed by atoms with van der Waals surface area (Å²) in [6, 6.07) is 17.2. The van der Waals surface area contributed by atoms with Crippen LogP contribution in [0.3, 0.4) is 0 Å². The van der Waals surface area contributed by atoms with Crippen molar-refractivity contribution in [3.05, 3.63) is 66.0 Å². The van der Waals surface area contributed by atoms with E-state index >= 15 is 0 Å². The molecular formula is C22H26N4O3S. The first-order valence-electron chi connectivity index (χ1n) is 9.76. The van der Waals surface area contributed by atoms with Gasteiger partial charge in [-0.1, -0.05) is 42.1 Å². The summed E-state index contributed by atoms with van der Waals surface area (Å²) in [5, 5.41) is 12.2. The Bertz CT molecular complexity index is 945. The summed E-state index contributed by atoms with van der Waals surface area (Å²) in [6.45, 7) is 4.98. The number of nitrogens with one attached hydrogen (secondary N) is 1. The third kappa shape index (κ3) is 5.76. The summed E-state index contributed by atoms with van der Waals surface area (Å²) >= 11 is 1.37. The Hall–Kier alpha value is -3.00. The fraction of sp³-hybridized carbons (Fsp3) is 0.318. The van der Waals surface area contributed by atoms with Gasteiger partial charge in [0, 0.05) is 6.54 Å². The van der Waals surface area contributed by atoms with E-state index in [2.05, 4.69) is 15.5 Å². The van der Waals surface area contributed by atoms with Crippen molar-refractivity contribution in [1.29, 1.82) is 0 Å². The van der Waals surface area contributed by atoms with Crippen molar-refractivity contribution in [2.45, 2.75) is 38.2 Å². The Kier molecular flexibility index (Phi) is 7.73. The summed E-state index contributed by atoms with van der Waals surface area (Å²) in [6.07, 6.45) is 0. The number of rotatable bonds is 10. The van der Waals surface area contributed by atoms with Crippen molar-refractivity contribution >= 4 is 17.7 Å². The zero-order valence-electron chi connectivity index (χ0n) is 17.4. The van der Waals surface area contributed by atoms with E-state index in [4.69, 9.17) is 9.47 Å². The molecule has 0 fully saturated rings. The standard InChI is InChI=1S/C22H26N4O3S/c1-4-26-20(14-29-19-12-10-18(28-3)11-13-19)24-25-22(26)30-15-21(27)23-16(2)17-8-6-5-7-9-17/h5-13,16H,4,14-15H2,1-3H3,(H,23,27)/t16-/m0/s1. The molecule has 8 heteroatoms. The van der Waals surface area contributed by atoms with Gasteiger partial charge in [0.25, 0.3) is 0 Å². The number of hydrogen-bond donors (Lipinski definition) is 1. The van der Waals surface area contributed by atoms with Crippen LogP contribution in [0.1, 0.15) is 31.3 Å².